The largest absolute Gasteiger partial charge is 0.229 e. The van der Waals surface area contributed by atoms with Gasteiger partial charge >= 0.3 is 0 Å². The van der Waals surface area contributed by atoms with Gasteiger partial charge in [0.05, 0.1) is 0 Å². The summed E-state index contributed by atoms with van der Waals surface area (Å²) in [4.78, 5) is 0. The molecule has 0 saturated heterocycles. The number of rotatable bonds is 0. The second-order valence-corrected chi connectivity index (χ2v) is 6.40. The van der Waals surface area contributed by atoms with Crippen LogP contribution in [-0.4, -0.2) is 0 Å². The molecule has 119 valence electrons. The molecule has 0 amide bonds. The van der Waals surface area contributed by atoms with Gasteiger partial charge in [-0.15, -0.1) is 23.1 Å². The molecule has 23 heavy (non-hydrogen) atoms. The Morgan fingerprint density at radius 2 is 1.65 bits per heavy atom. The number of fused-ring (bicyclic) bond motifs is 2. The molecule has 1 aliphatic carbocycles. The number of halogens is 2. The van der Waals surface area contributed by atoms with E-state index in [1.165, 1.54) is 6.07 Å². The van der Waals surface area contributed by atoms with E-state index in [9.17, 15) is 8.78 Å². The van der Waals surface area contributed by atoms with Crippen molar-refractivity contribution >= 4 is 10.8 Å². The molecule has 0 saturated carbocycles. The summed E-state index contributed by atoms with van der Waals surface area (Å²) < 4.78 is 29.0. The zero-order valence-electron chi connectivity index (χ0n) is 13.0. The molecule has 3 heteroatoms. The Morgan fingerprint density at radius 1 is 1.00 bits per heavy atom. The van der Waals surface area contributed by atoms with Gasteiger partial charge in [0.2, 0.25) is 0 Å². The molecule has 0 aliphatic heterocycles. The van der Waals surface area contributed by atoms with E-state index >= 15 is 0 Å². The van der Waals surface area contributed by atoms with Gasteiger partial charge in [-0.2, -0.15) is 24.3 Å². The minimum absolute atomic E-state index is 0. The van der Waals surface area contributed by atoms with Crippen LogP contribution in [0.15, 0.2) is 30.3 Å². The normalized spacial score (nSPS) is 14.3. The van der Waals surface area contributed by atoms with Crippen molar-refractivity contribution in [2.75, 3.05) is 0 Å². The van der Waals surface area contributed by atoms with E-state index in [0.717, 1.165) is 16.5 Å². The average molecular weight is 485 g/mol. The minimum Gasteiger partial charge on any atom is -0.229 e. The minimum atomic E-state index is -0.546. The zero-order chi connectivity index (χ0) is 15.6. The third-order valence-electron chi connectivity index (χ3n) is 4.70. The molecule has 1 radical (unpaired) electrons. The monoisotopic (exact) mass is 485 g/mol. The fourth-order valence-electron chi connectivity index (χ4n) is 3.63. The summed E-state index contributed by atoms with van der Waals surface area (Å²) in [6, 6.07) is 14.6. The molecule has 0 N–H and O–H groups in total. The van der Waals surface area contributed by atoms with Gasteiger partial charge in [-0.1, -0.05) is 30.9 Å². The average Bonchev–Trinajstić information content (AvgIpc) is 2.48. The molecule has 1 aliphatic rings. The van der Waals surface area contributed by atoms with Crippen molar-refractivity contribution in [1.29, 1.82) is 0 Å². The third-order valence-corrected chi connectivity index (χ3v) is 4.70. The van der Waals surface area contributed by atoms with Crippen LogP contribution in [-0.2, 0) is 25.5 Å². The maximum atomic E-state index is 14.5. The summed E-state index contributed by atoms with van der Waals surface area (Å²) in [7, 11) is 0. The smallest absolute Gasteiger partial charge is 0.114 e. The van der Waals surface area contributed by atoms with Crippen molar-refractivity contribution in [1.82, 2.24) is 0 Å². The summed E-state index contributed by atoms with van der Waals surface area (Å²) in [5.74, 6) is -0.471. The maximum Gasteiger partial charge on any atom is 0.114 e. The Balaban J connectivity index is 0.00000156. The first-order valence-corrected chi connectivity index (χ1v) is 7.28. The summed E-state index contributed by atoms with van der Waals surface area (Å²) in [6.45, 7) is 5.70. The molecule has 0 unspecified atom stereocenters. The summed E-state index contributed by atoms with van der Waals surface area (Å²) in [5.41, 5.74) is 3.01. The van der Waals surface area contributed by atoms with Gasteiger partial charge in [-0.25, -0.2) is 19.9 Å². The van der Waals surface area contributed by atoms with Crippen LogP contribution in [0.25, 0.3) is 21.9 Å². The van der Waals surface area contributed by atoms with Crippen LogP contribution < -0.4 is 0 Å². The Kier molecular flexibility index (Phi) is 3.70. The number of benzene rings is 3. The van der Waals surface area contributed by atoms with Gasteiger partial charge < -0.3 is 0 Å². The standard InChI is InChI=1S/C20H14F2.Ir/c1-11-10-15-17-12(6-4-8-14(17)19(11)22)13-7-5-9-16(21)18(13)20(15,2)3;/h4-5,8-10H,1-3H3;/q-2;. The second-order valence-electron chi connectivity index (χ2n) is 6.40. The Hall–Kier alpha value is -1.57. The van der Waals surface area contributed by atoms with Crippen molar-refractivity contribution in [2.45, 2.75) is 26.2 Å². The Bertz CT molecular complexity index is 942. The molecule has 0 heterocycles. The van der Waals surface area contributed by atoms with Gasteiger partial charge in [-0.3, -0.25) is 0 Å². The quantitative estimate of drug-likeness (QED) is 0.379. The third kappa shape index (κ3) is 2.03. The number of hydrogen-bond acceptors (Lipinski definition) is 0. The topological polar surface area (TPSA) is 0 Å². The van der Waals surface area contributed by atoms with Gasteiger partial charge in [-0.05, 0) is 17.9 Å². The molecule has 0 bridgehead atoms. The fourth-order valence-corrected chi connectivity index (χ4v) is 3.63. The predicted octanol–water partition coefficient (Wildman–Crippen LogP) is 5.33. The summed E-state index contributed by atoms with van der Waals surface area (Å²) >= 11 is 0. The van der Waals surface area contributed by atoms with Crippen molar-refractivity contribution in [3.05, 3.63) is 70.8 Å². The Labute approximate surface area is 147 Å². The van der Waals surface area contributed by atoms with Gasteiger partial charge in [0, 0.05) is 25.9 Å². The summed E-state index contributed by atoms with van der Waals surface area (Å²) in [6.07, 6.45) is 0. The zero-order valence-corrected chi connectivity index (χ0v) is 15.4. The molecule has 0 spiro atoms. The molecule has 0 atom stereocenters. The van der Waals surface area contributed by atoms with Crippen LogP contribution in [0.1, 0.15) is 30.5 Å². The SMILES string of the molecule is Cc1cc2c3c([c-]ccc3c1F)-c1[c-]ccc(F)c1C2(C)C.[Ir]. The van der Waals surface area contributed by atoms with E-state index in [1.54, 1.807) is 25.1 Å². The molecule has 3 aromatic rings. The van der Waals surface area contributed by atoms with Crippen molar-refractivity contribution in [2.24, 2.45) is 0 Å². The molecule has 0 nitrogen and oxygen atoms in total. The van der Waals surface area contributed by atoms with Crippen LogP contribution in [0.5, 0.6) is 0 Å². The molecule has 3 aromatic carbocycles. The van der Waals surface area contributed by atoms with E-state index in [-0.39, 0.29) is 31.7 Å². The molecule has 4 rings (SSSR count). The van der Waals surface area contributed by atoms with Crippen molar-refractivity contribution in [3.8, 4) is 11.1 Å². The van der Waals surface area contributed by atoms with E-state index in [1.807, 2.05) is 19.9 Å². The molecule has 0 aromatic heterocycles. The fraction of sp³-hybridized carbons (Fsp3) is 0.200. The van der Waals surface area contributed by atoms with Crippen LogP contribution in [0.4, 0.5) is 8.78 Å². The van der Waals surface area contributed by atoms with Gasteiger partial charge in [0.25, 0.3) is 0 Å². The first-order valence-electron chi connectivity index (χ1n) is 7.28. The summed E-state index contributed by atoms with van der Waals surface area (Å²) in [5, 5.41) is 1.39. The van der Waals surface area contributed by atoms with E-state index in [0.29, 0.717) is 22.1 Å². The van der Waals surface area contributed by atoms with Gasteiger partial charge in [0.1, 0.15) is 5.82 Å². The second kappa shape index (κ2) is 5.22. The molecular formula is C20H14F2Ir-2. The number of aryl methyl sites for hydroxylation is 1. The molecule has 0 fully saturated rings. The first-order chi connectivity index (χ1) is 10.4. The van der Waals surface area contributed by atoms with Gasteiger partial charge in [0.15, 0.2) is 0 Å². The Morgan fingerprint density at radius 3 is 2.39 bits per heavy atom. The van der Waals surface area contributed by atoms with Crippen LogP contribution in [0.3, 0.4) is 0 Å². The van der Waals surface area contributed by atoms with Crippen molar-refractivity contribution in [3.63, 3.8) is 0 Å². The van der Waals surface area contributed by atoms with Crippen molar-refractivity contribution < 1.29 is 28.9 Å². The van der Waals surface area contributed by atoms with E-state index in [2.05, 4.69) is 12.1 Å². The first kappa shape index (κ1) is 16.3. The predicted molar refractivity (Wildman–Crippen MR) is 83.8 cm³/mol. The van der Waals surface area contributed by atoms with E-state index < -0.39 is 5.41 Å². The van der Waals surface area contributed by atoms with Crippen LogP contribution in [0.2, 0.25) is 0 Å². The van der Waals surface area contributed by atoms with E-state index in [4.69, 9.17) is 0 Å². The maximum absolute atomic E-state index is 14.5. The number of hydrogen-bond donors (Lipinski definition) is 0. The van der Waals surface area contributed by atoms with Crippen LogP contribution in [0, 0.1) is 30.7 Å². The van der Waals surface area contributed by atoms with Crippen LogP contribution >= 0.6 is 0 Å². The molecular weight excluding hydrogens is 470 g/mol.